The number of aromatic nitrogens is 2. The summed E-state index contributed by atoms with van der Waals surface area (Å²) in [5.74, 6) is -0.877. The number of aliphatic carboxylic acids is 1. The molecule has 0 spiro atoms. The first kappa shape index (κ1) is 12.1. The molecule has 0 radical (unpaired) electrons. The monoisotopic (exact) mass is 174 g/mol. The Balaban J connectivity index is 0.00000144. The summed E-state index contributed by atoms with van der Waals surface area (Å²) in [6.07, 6.45) is 4.41. The van der Waals surface area contributed by atoms with E-state index in [0.717, 1.165) is 0 Å². The van der Waals surface area contributed by atoms with Crippen molar-refractivity contribution in [2.24, 2.45) is 0 Å². The first-order chi connectivity index (χ1) is 5.55. The molecular formula is C8H11LiN2O2. The molecule has 0 aliphatic carbocycles. The molecule has 0 fully saturated rings. The summed E-state index contributed by atoms with van der Waals surface area (Å²) in [5.41, 5.74) is -0.307. The minimum absolute atomic E-state index is 0. The van der Waals surface area contributed by atoms with Crippen molar-refractivity contribution in [2.75, 3.05) is 0 Å². The van der Waals surface area contributed by atoms with Crippen molar-refractivity contribution < 1.29 is 9.90 Å². The van der Waals surface area contributed by atoms with Crippen LogP contribution in [0.25, 0.3) is 0 Å². The van der Waals surface area contributed by atoms with Crippen LogP contribution < -0.4 is 0 Å². The summed E-state index contributed by atoms with van der Waals surface area (Å²) in [4.78, 5) is 18.3. The van der Waals surface area contributed by atoms with Gasteiger partial charge in [-0.25, -0.2) is 9.97 Å². The van der Waals surface area contributed by atoms with Crippen molar-refractivity contribution in [3.63, 3.8) is 0 Å². The van der Waals surface area contributed by atoms with Gasteiger partial charge in [0.25, 0.3) is 0 Å². The molecule has 0 saturated heterocycles. The third kappa shape index (κ3) is 2.54. The number of hydrogen-bond donors (Lipinski definition) is 1. The molecule has 0 bridgehead atoms. The van der Waals surface area contributed by atoms with E-state index in [1.165, 1.54) is 18.7 Å². The number of rotatable bonds is 2. The van der Waals surface area contributed by atoms with Crippen LogP contribution in [0.5, 0.6) is 0 Å². The predicted octanol–water partition coefficient (Wildman–Crippen LogP) is 0.190. The van der Waals surface area contributed by atoms with E-state index in [0.29, 0.717) is 5.56 Å². The van der Waals surface area contributed by atoms with Gasteiger partial charge in [-0.15, -0.1) is 0 Å². The van der Waals surface area contributed by atoms with Crippen molar-refractivity contribution in [3.8, 4) is 0 Å². The van der Waals surface area contributed by atoms with E-state index in [-0.39, 0.29) is 18.9 Å². The predicted molar refractivity (Wildman–Crippen MR) is 49.8 cm³/mol. The Bertz CT molecular complexity index is 287. The summed E-state index contributed by atoms with van der Waals surface area (Å²) >= 11 is 0. The molecule has 0 atom stereocenters. The number of carbonyl (C=O) groups is 1. The van der Waals surface area contributed by atoms with Gasteiger partial charge in [0.05, 0.1) is 5.41 Å². The molecule has 1 N–H and O–H groups in total. The van der Waals surface area contributed by atoms with Crippen LogP contribution in [0.3, 0.4) is 0 Å². The molecule has 1 heterocycles. The van der Waals surface area contributed by atoms with Crippen molar-refractivity contribution >= 4 is 24.8 Å². The van der Waals surface area contributed by atoms with Crippen molar-refractivity contribution in [3.05, 3.63) is 24.3 Å². The third-order valence-electron chi connectivity index (χ3n) is 1.82. The van der Waals surface area contributed by atoms with Gasteiger partial charge in [-0.3, -0.25) is 4.79 Å². The van der Waals surface area contributed by atoms with E-state index >= 15 is 0 Å². The molecule has 66 valence electrons. The molecule has 0 saturated carbocycles. The van der Waals surface area contributed by atoms with Gasteiger partial charge in [0.1, 0.15) is 6.33 Å². The standard InChI is InChI=1S/C8H10N2O2.Li.H/c1-8(2,7(11)12)6-3-9-5-10-4-6;;/h3-5H,1-2H3,(H,11,12);;. The second-order valence-electron chi connectivity index (χ2n) is 3.06. The van der Waals surface area contributed by atoms with Gasteiger partial charge >= 0.3 is 24.8 Å². The van der Waals surface area contributed by atoms with Crippen LogP contribution in [0.15, 0.2) is 18.7 Å². The maximum absolute atomic E-state index is 10.8. The summed E-state index contributed by atoms with van der Waals surface area (Å²) in [5, 5.41) is 8.84. The number of carboxylic acids is 1. The Labute approximate surface area is 88.6 Å². The maximum atomic E-state index is 10.8. The van der Waals surface area contributed by atoms with Gasteiger partial charge in [-0.1, -0.05) is 0 Å². The Morgan fingerprint density at radius 2 is 1.85 bits per heavy atom. The van der Waals surface area contributed by atoms with Crippen molar-refractivity contribution in [1.82, 2.24) is 9.97 Å². The van der Waals surface area contributed by atoms with Crippen LogP contribution in [0, 0.1) is 0 Å². The molecule has 4 nitrogen and oxygen atoms in total. The van der Waals surface area contributed by atoms with E-state index in [2.05, 4.69) is 9.97 Å². The summed E-state index contributed by atoms with van der Waals surface area (Å²) in [7, 11) is 0. The molecule has 0 unspecified atom stereocenters. The zero-order valence-corrected chi connectivity index (χ0v) is 6.98. The van der Waals surface area contributed by atoms with Crippen LogP contribution in [-0.2, 0) is 10.2 Å². The molecule has 1 rings (SSSR count). The van der Waals surface area contributed by atoms with Crippen LogP contribution in [0.1, 0.15) is 19.4 Å². The quantitative estimate of drug-likeness (QED) is 0.650. The SMILES string of the molecule is CC(C)(C(=O)O)c1cncnc1.[LiH]. The average Bonchev–Trinajstić information content (AvgIpc) is 2.06. The summed E-state index contributed by atoms with van der Waals surface area (Å²) in [6.45, 7) is 3.24. The number of nitrogens with zero attached hydrogens (tertiary/aromatic N) is 2. The van der Waals surface area contributed by atoms with Gasteiger partial charge in [-0.2, -0.15) is 0 Å². The van der Waals surface area contributed by atoms with E-state index in [1.54, 1.807) is 13.8 Å². The second kappa shape index (κ2) is 4.40. The fraction of sp³-hybridized carbons (Fsp3) is 0.375. The molecular weight excluding hydrogens is 163 g/mol. The minimum atomic E-state index is -0.915. The molecule has 1 aromatic heterocycles. The molecule has 0 amide bonds. The fourth-order valence-corrected chi connectivity index (χ4v) is 0.745. The van der Waals surface area contributed by atoms with E-state index in [4.69, 9.17) is 5.11 Å². The normalized spacial score (nSPS) is 10.3. The van der Waals surface area contributed by atoms with Crippen molar-refractivity contribution in [2.45, 2.75) is 19.3 Å². The molecule has 1 aromatic rings. The molecule has 5 heteroatoms. The van der Waals surface area contributed by atoms with Crippen LogP contribution in [0.2, 0.25) is 0 Å². The van der Waals surface area contributed by atoms with E-state index in [1.807, 2.05) is 0 Å². The average molecular weight is 174 g/mol. The number of carboxylic acid groups (broad SMARTS) is 1. The van der Waals surface area contributed by atoms with Gasteiger partial charge in [0, 0.05) is 18.0 Å². The molecule has 0 aromatic carbocycles. The first-order valence-corrected chi connectivity index (χ1v) is 3.54. The fourth-order valence-electron chi connectivity index (χ4n) is 0.745. The summed E-state index contributed by atoms with van der Waals surface area (Å²) in [6, 6.07) is 0. The second-order valence-corrected chi connectivity index (χ2v) is 3.06. The zero-order valence-electron chi connectivity index (χ0n) is 6.98. The van der Waals surface area contributed by atoms with Gasteiger partial charge < -0.3 is 5.11 Å². The van der Waals surface area contributed by atoms with Gasteiger partial charge in [0.15, 0.2) is 0 Å². The molecule has 0 aliphatic rings. The Morgan fingerprint density at radius 1 is 1.38 bits per heavy atom. The zero-order chi connectivity index (χ0) is 9.19. The molecule has 13 heavy (non-hydrogen) atoms. The third-order valence-corrected chi connectivity index (χ3v) is 1.82. The number of hydrogen-bond acceptors (Lipinski definition) is 3. The molecule has 0 aliphatic heterocycles. The van der Waals surface area contributed by atoms with E-state index in [9.17, 15) is 4.79 Å². The van der Waals surface area contributed by atoms with Crippen LogP contribution in [0.4, 0.5) is 0 Å². The van der Waals surface area contributed by atoms with Crippen LogP contribution >= 0.6 is 0 Å². The van der Waals surface area contributed by atoms with Gasteiger partial charge in [0.2, 0.25) is 0 Å². The van der Waals surface area contributed by atoms with Crippen molar-refractivity contribution in [1.29, 1.82) is 0 Å². The van der Waals surface area contributed by atoms with Crippen LogP contribution in [-0.4, -0.2) is 39.9 Å². The first-order valence-electron chi connectivity index (χ1n) is 3.54. The summed E-state index contributed by atoms with van der Waals surface area (Å²) < 4.78 is 0. The van der Waals surface area contributed by atoms with E-state index < -0.39 is 11.4 Å². The Morgan fingerprint density at radius 3 is 2.23 bits per heavy atom. The van der Waals surface area contributed by atoms with Gasteiger partial charge in [-0.05, 0) is 13.8 Å². The Kier molecular flexibility index (Phi) is 4.11. The Hall–Kier alpha value is -0.853. The topological polar surface area (TPSA) is 63.1 Å².